The molecule has 1 aromatic heterocycles. The second-order valence-corrected chi connectivity index (χ2v) is 9.43. The van der Waals surface area contributed by atoms with Crippen LogP contribution in [0.25, 0.3) is 11.4 Å². The summed E-state index contributed by atoms with van der Waals surface area (Å²) in [5.41, 5.74) is 0.792. The zero-order valence-electron chi connectivity index (χ0n) is 14.8. The fourth-order valence-corrected chi connectivity index (χ4v) is 5.01. The lowest BCUT2D eigenvalue weighted by Crippen LogP contribution is -2.39. The summed E-state index contributed by atoms with van der Waals surface area (Å²) >= 11 is 11.8. The SMILES string of the molecule is O=S(=O)(c1ccc(Cl)cc1)N1CCC[C@@H](c2nc(-c3ccc(Cl)cc3)no2)C1. The van der Waals surface area contributed by atoms with Gasteiger partial charge in [0.1, 0.15) is 0 Å². The molecule has 0 spiro atoms. The van der Waals surface area contributed by atoms with Crippen molar-refractivity contribution in [2.75, 3.05) is 13.1 Å². The first-order valence-corrected chi connectivity index (χ1v) is 11.0. The summed E-state index contributed by atoms with van der Waals surface area (Å²) in [5.74, 6) is 0.759. The van der Waals surface area contributed by atoms with Crippen LogP contribution in [0.4, 0.5) is 0 Å². The minimum absolute atomic E-state index is 0.149. The van der Waals surface area contributed by atoms with Crippen LogP contribution in [0.15, 0.2) is 57.9 Å². The minimum Gasteiger partial charge on any atom is -0.339 e. The van der Waals surface area contributed by atoms with E-state index in [1.807, 2.05) is 12.1 Å². The van der Waals surface area contributed by atoms with E-state index >= 15 is 0 Å². The van der Waals surface area contributed by atoms with Gasteiger partial charge in [0, 0.05) is 28.7 Å². The van der Waals surface area contributed by atoms with Crippen molar-refractivity contribution in [1.29, 1.82) is 0 Å². The molecule has 0 N–H and O–H groups in total. The standard InChI is InChI=1S/C19H17Cl2N3O3S/c20-15-5-3-13(4-6-15)18-22-19(27-23-18)14-2-1-11-24(12-14)28(25,26)17-9-7-16(21)8-10-17/h3-10,14H,1-2,11-12H2/t14-/m1/s1. The third-order valence-corrected chi connectivity index (χ3v) is 7.11. The first-order valence-electron chi connectivity index (χ1n) is 8.79. The topological polar surface area (TPSA) is 76.3 Å². The number of hydrogen-bond acceptors (Lipinski definition) is 5. The first-order chi connectivity index (χ1) is 13.4. The first kappa shape index (κ1) is 19.4. The quantitative estimate of drug-likeness (QED) is 0.595. The minimum atomic E-state index is -3.60. The van der Waals surface area contributed by atoms with Gasteiger partial charge in [-0.3, -0.25) is 0 Å². The average Bonchev–Trinajstić information content (AvgIpc) is 3.19. The smallest absolute Gasteiger partial charge is 0.243 e. The van der Waals surface area contributed by atoms with Crippen molar-refractivity contribution in [1.82, 2.24) is 14.4 Å². The molecule has 2 aromatic carbocycles. The Morgan fingerprint density at radius 2 is 1.64 bits per heavy atom. The summed E-state index contributed by atoms with van der Waals surface area (Å²) in [6, 6.07) is 13.3. The molecule has 2 heterocycles. The van der Waals surface area contributed by atoms with E-state index in [4.69, 9.17) is 27.7 Å². The molecule has 0 unspecified atom stereocenters. The fraction of sp³-hybridized carbons (Fsp3) is 0.263. The molecule has 6 nitrogen and oxygen atoms in total. The number of benzene rings is 2. The van der Waals surface area contributed by atoms with Gasteiger partial charge in [-0.2, -0.15) is 9.29 Å². The monoisotopic (exact) mass is 437 g/mol. The molecule has 1 saturated heterocycles. The van der Waals surface area contributed by atoms with E-state index in [0.29, 0.717) is 34.8 Å². The van der Waals surface area contributed by atoms with Crippen LogP contribution in [0.5, 0.6) is 0 Å². The Kier molecular flexibility index (Phi) is 5.42. The van der Waals surface area contributed by atoms with Gasteiger partial charge >= 0.3 is 0 Å². The molecule has 9 heteroatoms. The number of aromatic nitrogens is 2. The summed E-state index contributed by atoms with van der Waals surface area (Å²) in [4.78, 5) is 4.70. The van der Waals surface area contributed by atoms with E-state index in [9.17, 15) is 8.42 Å². The molecule has 1 aliphatic heterocycles. The molecule has 4 rings (SSSR count). The largest absolute Gasteiger partial charge is 0.339 e. The van der Waals surface area contributed by atoms with Crippen molar-refractivity contribution < 1.29 is 12.9 Å². The van der Waals surface area contributed by atoms with Crippen molar-refractivity contribution in [2.24, 2.45) is 0 Å². The Hall–Kier alpha value is -1.93. The third-order valence-electron chi connectivity index (χ3n) is 4.73. The Labute approximate surface area is 173 Å². The third kappa shape index (κ3) is 3.93. The Morgan fingerprint density at radius 1 is 1.00 bits per heavy atom. The van der Waals surface area contributed by atoms with Crippen LogP contribution in [0.1, 0.15) is 24.7 Å². The Bertz CT molecular complexity index is 1070. The van der Waals surface area contributed by atoms with Crippen LogP contribution < -0.4 is 0 Å². The molecule has 0 aliphatic carbocycles. The van der Waals surface area contributed by atoms with E-state index in [0.717, 1.165) is 18.4 Å². The molecule has 1 fully saturated rings. The van der Waals surface area contributed by atoms with Crippen molar-refractivity contribution in [3.63, 3.8) is 0 Å². The van der Waals surface area contributed by atoms with Crippen LogP contribution >= 0.6 is 23.2 Å². The Morgan fingerprint density at radius 3 is 2.32 bits per heavy atom. The van der Waals surface area contributed by atoms with Crippen molar-refractivity contribution >= 4 is 33.2 Å². The van der Waals surface area contributed by atoms with Gasteiger partial charge in [0.2, 0.25) is 21.7 Å². The summed E-state index contributed by atoms with van der Waals surface area (Å²) in [6.07, 6.45) is 1.50. The van der Waals surface area contributed by atoms with Gasteiger partial charge in [-0.25, -0.2) is 8.42 Å². The fourth-order valence-electron chi connectivity index (χ4n) is 3.24. The summed E-state index contributed by atoms with van der Waals surface area (Å²) < 4.78 is 32.8. The van der Waals surface area contributed by atoms with Crippen LogP contribution in [0, 0.1) is 0 Å². The van der Waals surface area contributed by atoms with E-state index in [1.54, 1.807) is 24.3 Å². The number of rotatable bonds is 4. The second-order valence-electron chi connectivity index (χ2n) is 6.62. The van der Waals surface area contributed by atoms with E-state index in [1.165, 1.54) is 16.4 Å². The molecular formula is C19H17Cl2N3O3S. The van der Waals surface area contributed by atoms with Crippen LogP contribution in [-0.4, -0.2) is 36.0 Å². The number of halogens is 2. The lowest BCUT2D eigenvalue weighted by molar-refractivity contribution is 0.265. The molecule has 28 heavy (non-hydrogen) atoms. The number of sulfonamides is 1. The van der Waals surface area contributed by atoms with Gasteiger partial charge < -0.3 is 4.52 Å². The van der Waals surface area contributed by atoms with Crippen LogP contribution in [-0.2, 0) is 10.0 Å². The number of piperidine rings is 1. The number of nitrogens with zero attached hydrogens (tertiary/aromatic N) is 3. The average molecular weight is 438 g/mol. The Balaban J connectivity index is 1.54. The normalized spacial score (nSPS) is 18.3. The molecule has 0 amide bonds. The van der Waals surface area contributed by atoms with E-state index < -0.39 is 10.0 Å². The van der Waals surface area contributed by atoms with Crippen LogP contribution in [0.2, 0.25) is 10.0 Å². The van der Waals surface area contributed by atoms with Gasteiger partial charge in [0.15, 0.2) is 0 Å². The maximum atomic E-state index is 12.9. The predicted molar refractivity (Wildman–Crippen MR) is 107 cm³/mol. The molecule has 1 aliphatic rings. The maximum Gasteiger partial charge on any atom is 0.243 e. The van der Waals surface area contributed by atoms with E-state index in [-0.39, 0.29) is 10.8 Å². The lowest BCUT2D eigenvalue weighted by Gasteiger charge is -2.30. The second kappa shape index (κ2) is 7.83. The van der Waals surface area contributed by atoms with E-state index in [2.05, 4.69) is 10.1 Å². The van der Waals surface area contributed by atoms with Crippen molar-refractivity contribution in [3.05, 3.63) is 64.5 Å². The molecule has 1 atom stereocenters. The van der Waals surface area contributed by atoms with Crippen molar-refractivity contribution in [3.8, 4) is 11.4 Å². The number of hydrogen-bond donors (Lipinski definition) is 0. The van der Waals surface area contributed by atoms with Gasteiger partial charge in [0.05, 0.1) is 10.8 Å². The highest BCUT2D eigenvalue weighted by molar-refractivity contribution is 7.89. The molecule has 0 saturated carbocycles. The molecular weight excluding hydrogens is 421 g/mol. The lowest BCUT2D eigenvalue weighted by atomic mass is 10.00. The summed E-state index contributed by atoms with van der Waals surface area (Å²) in [6.45, 7) is 0.757. The molecule has 146 valence electrons. The molecule has 0 radical (unpaired) electrons. The van der Waals surface area contributed by atoms with Gasteiger partial charge in [-0.15, -0.1) is 0 Å². The zero-order valence-corrected chi connectivity index (χ0v) is 17.1. The van der Waals surface area contributed by atoms with Gasteiger partial charge in [-0.1, -0.05) is 28.4 Å². The molecule has 3 aromatic rings. The van der Waals surface area contributed by atoms with Crippen LogP contribution in [0.3, 0.4) is 0 Å². The van der Waals surface area contributed by atoms with Gasteiger partial charge in [0.25, 0.3) is 0 Å². The molecule has 0 bridgehead atoms. The maximum absolute atomic E-state index is 12.9. The zero-order chi connectivity index (χ0) is 19.7. The van der Waals surface area contributed by atoms with Gasteiger partial charge in [-0.05, 0) is 61.4 Å². The summed E-state index contributed by atoms with van der Waals surface area (Å²) in [7, 11) is -3.60. The predicted octanol–water partition coefficient (Wildman–Crippen LogP) is 4.61. The highest BCUT2D eigenvalue weighted by atomic mass is 35.5. The highest BCUT2D eigenvalue weighted by Crippen LogP contribution is 2.31. The van der Waals surface area contributed by atoms with Crippen molar-refractivity contribution in [2.45, 2.75) is 23.7 Å². The summed E-state index contributed by atoms with van der Waals surface area (Å²) in [5, 5.41) is 5.16. The highest BCUT2D eigenvalue weighted by Gasteiger charge is 2.33.